The van der Waals surface area contributed by atoms with Crippen LogP contribution in [0.15, 0.2) is 0 Å². The lowest BCUT2D eigenvalue weighted by Crippen LogP contribution is -2.48. The van der Waals surface area contributed by atoms with Crippen LogP contribution in [0.2, 0.25) is 0 Å². The molecule has 2 fully saturated rings. The molecule has 0 saturated heterocycles. The summed E-state index contributed by atoms with van der Waals surface area (Å²) in [5, 5.41) is 10.4. The average Bonchev–Trinajstić information content (AvgIpc) is 2.91. The molecule has 0 aromatic heterocycles. The minimum atomic E-state index is -0.488. The molecule has 0 aromatic carbocycles. The van der Waals surface area contributed by atoms with Crippen molar-refractivity contribution < 1.29 is 5.11 Å². The number of aliphatic hydroxyl groups is 1. The summed E-state index contributed by atoms with van der Waals surface area (Å²) in [4.78, 5) is 0. The van der Waals surface area contributed by atoms with E-state index >= 15 is 0 Å². The van der Waals surface area contributed by atoms with Crippen LogP contribution < -0.4 is 11.5 Å². The van der Waals surface area contributed by atoms with Crippen molar-refractivity contribution >= 4 is 0 Å². The van der Waals surface area contributed by atoms with Crippen molar-refractivity contribution in [1.82, 2.24) is 0 Å². The van der Waals surface area contributed by atoms with E-state index in [4.69, 9.17) is 11.5 Å². The molecule has 0 amide bonds. The van der Waals surface area contributed by atoms with Gasteiger partial charge < -0.3 is 16.6 Å². The fourth-order valence-corrected chi connectivity index (χ4v) is 2.66. The zero-order valence-corrected chi connectivity index (χ0v) is 8.13. The Morgan fingerprint density at radius 1 is 1.15 bits per heavy atom. The third kappa shape index (κ3) is 1.39. The maximum Gasteiger partial charge on any atom is 0.0716 e. The Labute approximate surface area is 79.5 Å². The summed E-state index contributed by atoms with van der Waals surface area (Å²) in [6, 6.07) is 0.300. The second kappa shape index (κ2) is 2.94. The van der Waals surface area contributed by atoms with Crippen molar-refractivity contribution in [3.8, 4) is 0 Å². The fraction of sp³-hybridized carbons (Fsp3) is 1.00. The standard InChI is InChI=1S/C10H20N2O/c11-7-9(5-6-9)10(13)3-1-8(12)2-4-10/h8,13H,1-7,11-12H2. The third-order valence-corrected chi connectivity index (χ3v) is 4.09. The summed E-state index contributed by atoms with van der Waals surface area (Å²) < 4.78 is 0. The molecular weight excluding hydrogens is 164 g/mol. The lowest BCUT2D eigenvalue weighted by molar-refractivity contribution is -0.0621. The van der Waals surface area contributed by atoms with Gasteiger partial charge in [0.15, 0.2) is 0 Å². The summed E-state index contributed by atoms with van der Waals surface area (Å²) in [5.41, 5.74) is 11.1. The van der Waals surface area contributed by atoms with E-state index < -0.39 is 5.60 Å². The molecule has 13 heavy (non-hydrogen) atoms. The molecule has 0 aliphatic heterocycles. The van der Waals surface area contributed by atoms with E-state index in [9.17, 15) is 5.11 Å². The van der Waals surface area contributed by atoms with Gasteiger partial charge in [-0.05, 0) is 38.5 Å². The number of hydrogen-bond acceptors (Lipinski definition) is 3. The molecule has 0 aromatic rings. The van der Waals surface area contributed by atoms with Gasteiger partial charge in [0.2, 0.25) is 0 Å². The molecule has 2 saturated carbocycles. The van der Waals surface area contributed by atoms with Crippen molar-refractivity contribution in [3.63, 3.8) is 0 Å². The molecule has 2 aliphatic carbocycles. The van der Waals surface area contributed by atoms with E-state index in [-0.39, 0.29) is 5.41 Å². The lowest BCUT2D eigenvalue weighted by Gasteiger charge is -2.41. The van der Waals surface area contributed by atoms with E-state index in [1.54, 1.807) is 0 Å². The van der Waals surface area contributed by atoms with Crippen LogP contribution in [0.5, 0.6) is 0 Å². The molecule has 0 unspecified atom stereocenters. The Balaban J connectivity index is 2.04. The van der Waals surface area contributed by atoms with Crippen LogP contribution in [0.4, 0.5) is 0 Å². The first-order valence-electron chi connectivity index (χ1n) is 5.30. The molecule has 0 spiro atoms. The highest BCUT2D eigenvalue weighted by Gasteiger charge is 2.57. The lowest BCUT2D eigenvalue weighted by atomic mass is 9.72. The van der Waals surface area contributed by atoms with E-state index in [2.05, 4.69) is 0 Å². The second-order valence-corrected chi connectivity index (χ2v) is 4.85. The van der Waals surface area contributed by atoms with Crippen molar-refractivity contribution in [3.05, 3.63) is 0 Å². The molecule has 0 bridgehead atoms. The Morgan fingerprint density at radius 3 is 2.08 bits per heavy atom. The molecule has 3 nitrogen and oxygen atoms in total. The molecule has 76 valence electrons. The topological polar surface area (TPSA) is 72.3 Å². The monoisotopic (exact) mass is 184 g/mol. The van der Waals surface area contributed by atoms with Crippen LogP contribution in [0, 0.1) is 5.41 Å². The molecular formula is C10H20N2O. The molecule has 5 N–H and O–H groups in total. The number of rotatable bonds is 2. The van der Waals surface area contributed by atoms with Crippen LogP contribution in [0.1, 0.15) is 38.5 Å². The van der Waals surface area contributed by atoms with Gasteiger partial charge >= 0.3 is 0 Å². The van der Waals surface area contributed by atoms with Crippen LogP contribution in [-0.2, 0) is 0 Å². The molecule has 0 radical (unpaired) electrons. The Hall–Kier alpha value is -0.120. The van der Waals surface area contributed by atoms with Gasteiger partial charge in [-0.3, -0.25) is 0 Å². The van der Waals surface area contributed by atoms with Crippen molar-refractivity contribution in [1.29, 1.82) is 0 Å². The fourth-order valence-electron chi connectivity index (χ4n) is 2.66. The van der Waals surface area contributed by atoms with Crippen molar-refractivity contribution in [2.75, 3.05) is 6.54 Å². The second-order valence-electron chi connectivity index (χ2n) is 4.85. The van der Waals surface area contributed by atoms with Crippen LogP contribution in [0.3, 0.4) is 0 Å². The average molecular weight is 184 g/mol. The first-order valence-corrected chi connectivity index (χ1v) is 5.30. The Morgan fingerprint density at radius 2 is 1.69 bits per heavy atom. The van der Waals surface area contributed by atoms with E-state index in [0.29, 0.717) is 12.6 Å². The van der Waals surface area contributed by atoms with Gasteiger partial charge in [0, 0.05) is 18.0 Å². The highest BCUT2D eigenvalue weighted by molar-refractivity contribution is 5.10. The van der Waals surface area contributed by atoms with Gasteiger partial charge in [0.25, 0.3) is 0 Å². The quantitative estimate of drug-likeness (QED) is 0.580. The van der Waals surface area contributed by atoms with Crippen molar-refractivity contribution in [2.45, 2.75) is 50.2 Å². The van der Waals surface area contributed by atoms with Crippen LogP contribution >= 0.6 is 0 Å². The smallest absolute Gasteiger partial charge is 0.0716 e. The highest BCUT2D eigenvalue weighted by Crippen LogP contribution is 2.57. The Bertz CT molecular complexity index is 193. The van der Waals surface area contributed by atoms with Gasteiger partial charge in [0.1, 0.15) is 0 Å². The minimum Gasteiger partial charge on any atom is -0.389 e. The highest BCUT2D eigenvalue weighted by atomic mass is 16.3. The van der Waals surface area contributed by atoms with Crippen molar-refractivity contribution in [2.24, 2.45) is 16.9 Å². The molecule has 2 aliphatic rings. The van der Waals surface area contributed by atoms with Gasteiger partial charge in [0.05, 0.1) is 5.60 Å². The SMILES string of the molecule is NCC1(C2(O)CCC(N)CC2)CC1. The Kier molecular flexibility index (Phi) is 2.13. The summed E-state index contributed by atoms with van der Waals surface area (Å²) in [6.07, 6.45) is 5.83. The molecule has 2 rings (SSSR count). The maximum atomic E-state index is 10.4. The largest absolute Gasteiger partial charge is 0.389 e. The van der Waals surface area contributed by atoms with Gasteiger partial charge in [-0.2, -0.15) is 0 Å². The van der Waals surface area contributed by atoms with Crippen LogP contribution in [-0.4, -0.2) is 23.3 Å². The van der Waals surface area contributed by atoms with E-state index in [1.807, 2.05) is 0 Å². The zero-order chi connectivity index (χ0) is 9.53. The van der Waals surface area contributed by atoms with Crippen LogP contribution in [0.25, 0.3) is 0 Å². The van der Waals surface area contributed by atoms with Gasteiger partial charge in [-0.1, -0.05) is 0 Å². The molecule has 3 heteroatoms. The first kappa shape index (κ1) is 9.44. The first-order chi connectivity index (χ1) is 6.12. The van der Waals surface area contributed by atoms with E-state index in [0.717, 1.165) is 38.5 Å². The van der Waals surface area contributed by atoms with E-state index in [1.165, 1.54) is 0 Å². The van der Waals surface area contributed by atoms with Gasteiger partial charge in [-0.15, -0.1) is 0 Å². The molecule has 0 atom stereocenters. The number of nitrogens with two attached hydrogens (primary N) is 2. The summed E-state index contributed by atoms with van der Waals surface area (Å²) >= 11 is 0. The summed E-state index contributed by atoms with van der Waals surface area (Å²) in [7, 11) is 0. The predicted molar refractivity (Wildman–Crippen MR) is 52.1 cm³/mol. The molecule has 0 heterocycles. The number of hydrogen-bond donors (Lipinski definition) is 3. The van der Waals surface area contributed by atoms with Gasteiger partial charge in [-0.25, -0.2) is 0 Å². The normalized spacial score (nSPS) is 43.2. The summed E-state index contributed by atoms with van der Waals surface area (Å²) in [5.74, 6) is 0. The third-order valence-electron chi connectivity index (χ3n) is 4.09. The predicted octanol–water partition coefficient (Wildman–Crippen LogP) is 0.358. The summed E-state index contributed by atoms with van der Waals surface area (Å²) in [6.45, 7) is 0.638. The maximum absolute atomic E-state index is 10.4. The minimum absolute atomic E-state index is 0.0626. The zero-order valence-electron chi connectivity index (χ0n) is 8.13.